The second kappa shape index (κ2) is 9.17. The van der Waals surface area contributed by atoms with E-state index in [0.717, 1.165) is 31.4 Å². The Hall–Kier alpha value is -1.75. The Labute approximate surface area is 170 Å². The number of benzene rings is 1. The summed E-state index contributed by atoms with van der Waals surface area (Å²) in [5.74, 6) is -0.199. The Morgan fingerprint density at radius 1 is 1.11 bits per heavy atom. The Balaban J connectivity index is 0.00000280. The van der Waals surface area contributed by atoms with E-state index < -0.39 is 21.0 Å². The molecule has 0 bridgehead atoms. The number of piperidine rings is 2. The van der Waals surface area contributed by atoms with E-state index in [9.17, 15) is 23.3 Å². The fourth-order valence-corrected chi connectivity index (χ4v) is 5.39. The average molecular weight is 433 g/mol. The van der Waals surface area contributed by atoms with Crippen LogP contribution < -0.4 is 5.73 Å². The van der Waals surface area contributed by atoms with Gasteiger partial charge in [-0.3, -0.25) is 14.9 Å². The van der Waals surface area contributed by atoms with Crippen LogP contribution in [0.15, 0.2) is 29.2 Å². The van der Waals surface area contributed by atoms with Crippen molar-refractivity contribution in [3.8, 4) is 0 Å². The van der Waals surface area contributed by atoms with Gasteiger partial charge in [-0.15, -0.1) is 12.4 Å². The van der Waals surface area contributed by atoms with E-state index in [-0.39, 0.29) is 41.5 Å². The molecule has 2 aliphatic rings. The molecule has 2 saturated heterocycles. The minimum atomic E-state index is -3.92. The average Bonchev–Trinajstić information content (AvgIpc) is 2.67. The van der Waals surface area contributed by atoms with Crippen molar-refractivity contribution in [1.29, 1.82) is 0 Å². The van der Waals surface area contributed by atoms with Crippen LogP contribution in [0.25, 0.3) is 0 Å². The number of nitro benzene ring substituents is 1. The van der Waals surface area contributed by atoms with Crippen molar-refractivity contribution in [3.63, 3.8) is 0 Å². The van der Waals surface area contributed by atoms with E-state index in [0.29, 0.717) is 25.9 Å². The van der Waals surface area contributed by atoms with Crippen molar-refractivity contribution in [2.45, 2.75) is 49.1 Å². The first-order valence-corrected chi connectivity index (χ1v) is 10.6. The quantitative estimate of drug-likeness (QED) is 0.567. The van der Waals surface area contributed by atoms with E-state index in [2.05, 4.69) is 0 Å². The molecule has 1 amide bonds. The lowest BCUT2D eigenvalue weighted by Crippen LogP contribution is -2.56. The molecule has 0 aliphatic carbocycles. The summed E-state index contributed by atoms with van der Waals surface area (Å²) in [6.07, 6.45) is 3.60. The van der Waals surface area contributed by atoms with Gasteiger partial charge in [-0.25, -0.2) is 8.42 Å². The van der Waals surface area contributed by atoms with Crippen molar-refractivity contribution < 1.29 is 18.1 Å². The number of amides is 1. The maximum atomic E-state index is 13.1. The molecule has 2 N–H and O–H groups in total. The van der Waals surface area contributed by atoms with Gasteiger partial charge in [0, 0.05) is 37.8 Å². The highest BCUT2D eigenvalue weighted by atomic mass is 35.5. The molecule has 2 atom stereocenters. The van der Waals surface area contributed by atoms with Gasteiger partial charge in [0.1, 0.15) is 6.04 Å². The number of likely N-dealkylation sites (tertiary alicyclic amines) is 1. The Morgan fingerprint density at radius 3 is 2.39 bits per heavy atom. The molecule has 1 aromatic carbocycles. The number of hydrogen-bond donors (Lipinski definition) is 1. The summed E-state index contributed by atoms with van der Waals surface area (Å²) in [5, 5.41) is 10.8. The summed E-state index contributed by atoms with van der Waals surface area (Å²) in [6.45, 7) is 1.30. The van der Waals surface area contributed by atoms with Gasteiger partial charge in [-0.2, -0.15) is 4.31 Å². The Morgan fingerprint density at radius 2 is 1.79 bits per heavy atom. The van der Waals surface area contributed by atoms with Gasteiger partial charge in [-0.1, -0.05) is 6.42 Å². The van der Waals surface area contributed by atoms with Gasteiger partial charge in [0.25, 0.3) is 5.69 Å². The zero-order valence-electron chi connectivity index (χ0n) is 15.4. The van der Waals surface area contributed by atoms with Crippen molar-refractivity contribution >= 4 is 34.0 Å². The maximum absolute atomic E-state index is 13.1. The van der Waals surface area contributed by atoms with E-state index in [1.165, 1.54) is 16.4 Å². The third kappa shape index (κ3) is 4.62. The predicted molar refractivity (Wildman–Crippen MR) is 106 cm³/mol. The second-order valence-electron chi connectivity index (χ2n) is 7.06. The summed E-state index contributed by atoms with van der Waals surface area (Å²) < 4.78 is 27.4. The van der Waals surface area contributed by atoms with Crippen LogP contribution in [0.3, 0.4) is 0 Å². The van der Waals surface area contributed by atoms with Crippen molar-refractivity contribution in [2.24, 2.45) is 5.73 Å². The maximum Gasteiger partial charge on any atom is 0.269 e. The normalized spacial score (nSPS) is 23.7. The SMILES string of the molecule is Cl.NC1CCCN(C(=O)C2CCCCN2S(=O)(=O)c2ccc([N+](=O)[O-])cc2)C1. The molecule has 0 spiro atoms. The van der Waals surface area contributed by atoms with Crippen LogP contribution in [0.2, 0.25) is 0 Å². The lowest BCUT2D eigenvalue weighted by molar-refractivity contribution is -0.384. The second-order valence-corrected chi connectivity index (χ2v) is 8.96. The van der Waals surface area contributed by atoms with Crippen LogP contribution >= 0.6 is 12.4 Å². The van der Waals surface area contributed by atoms with Gasteiger partial charge in [0.05, 0.1) is 9.82 Å². The van der Waals surface area contributed by atoms with Crippen molar-refractivity contribution in [2.75, 3.05) is 19.6 Å². The zero-order valence-corrected chi connectivity index (χ0v) is 17.0. The molecular formula is C17H25ClN4O5S. The topological polar surface area (TPSA) is 127 Å². The molecule has 0 radical (unpaired) electrons. The van der Waals surface area contributed by atoms with Crippen LogP contribution in [-0.2, 0) is 14.8 Å². The van der Waals surface area contributed by atoms with Gasteiger partial charge in [0.2, 0.25) is 15.9 Å². The van der Waals surface area contributed by atoms with Crippen LogP contribution in [0.4, 0.5) is 5.69 Å². The van der Waals surface area contributed by atoms with Crippen LogP contribution in [0.5, 0.6) is 0 Å². The summed E-state index contributed by atoms with van der Waals surface area (Å²) in [5.41, 5.74) is 5.78. The number of halogens is 1. The highest BCUT2D eigenvalue weighted by Gasteiger charge is 2.40. The zero-order chi connectivity index (χ0) is 19.6. The number of sulfonamides is 1. The first-order chi connectivity index (χ1) is 12.8. The molecule has 2 aliphatic heterocycles. The van der Waals surface area contributed by atoms with Gasteiger partial charge >= 0.3 is 0 Å². The third-order valence-corrected chi connectivity index (χ3v) is 7.08. The van der Waals surface area contributed by atoms with Crippen LogP contribution in [0.1, 0.15) is 32.1 Å². The minimum absolute atomic E-state index is 0. The molecule has 3 rings (SSSR count). The monoisotopic (exact) mass is 432 g/mol. The molecule has 2 unspecified atom stereocenters. The fraction of sp³-hybridized carbons (Fsp3) is 0.588. The van der Waals surface area contributed by atoms with Gasteiger partial charge in [-0.05, 0) is 37.8 Å². The van der Waals surface area contributed by atoms with E-state index >= 15 is 0 Å². The predicted octanol–water partition coefficient (Wildman–Crippen LogP) is 1.51. The summed E-state index contributed by atoms with van der Waals surface area (Å²) in [6, 6.07) is 3.95. The minimum Gasteiger partial charge on any atom is -0.340 e. The highest BCUT2D eigenvalue weighted by molar-refractivity contribution is 7.89. The number of nitrogens with two attached hydrogens (primary N) is 1. The highest BCUT2D eigenvalue weighted by Crippen LogP contribution is 2.28. The molecule has 1 aromatic rings. The van der Waals surface area contributed by atoms with E-state index in [4.69, 9.17) is 5.73 Å². The molecule has 0 aromatic heterocycles. The largest absolute Gasteiger partial charge is 0.340 e. The lowest BCUT2D eigenvalue weighted by atomic mass is 10.0. The van der Waals surface area contributed by atoms with Gasteiger partial charge < -0.3 is 10.6 Å². The first-order valence-electron chi connectivity index (χ1n) is 9.11. The molecule has 0 saturated carbocycles. The number of nitrogens with zero attached hydrogens (tertiary/aromatic N) is 3. The lowest BCUT2D eigenvalue weighted by Gasteiger charge is -2.39. The van der Waals surface area contributed by atoms with Gasteiger partial charge in [0.15, 0.2) is 0 Å². The number of carbonyl (C=O) groups is 1. The molecule has 2 heterocycles. The van der Waals surface area contributed by atoms with Crippen LogP contribution in [0, 0.1) is 10.1 Å². The Bertz CT molecular complexity index is 817. The number of rotatable bonds is 4. The number of carbonyl (C=O) groups excluding carboxylic acids is 1. The Kier molecular flexibility index (Phi) is 7.38. The molecule has 28 heavy (non-hydrogen) atoms. The number of non-ortho nitro benzene ring substituents is 1. The molecular weight excluding hydrogens is 408 g/mol. The molecule has 9 nitrogen and oxygen atoms in total. The molecule has 11 heteroatoms. The summed E-state index contributed by atoms with van der Waals surface area (Å²) in [4.78, 5) is 24.8. The number of nitro groups is 1. The van der Waals surface area contributed by atoms with Crippen molar-refractivity contribution in [1.82, 2.24) is 9.21 Å². The third-order valence-electron chi connectivity index (χ3n) is 5.16. The molecule has 2 fully saturated rings. The first kappa shape index (κ1) is 22.5. The smallest absolute Gasteiger partial charge is 0.269 e. The van der Waals surface area contributed by atoms with Crippen molar-refractivity contribution in [3.05, 3.63) is 34.4 Å². The number of hydrogen-bond acceptors (Lipinski definition) is 6. The summed E-state index contributed by atoms with van der Waals surface area (Å²) in [7, 11) is -3.92. The van der Waals surface area contributed by atoms with E-state index in [1.54, 1.807) is 4.90 Å². The standard InChI is InChI=1S/C17H24N4O5S.ClH/c18-13-4-3-10-19(12-13)17(22)16-5-1-2-11-20(16)27(25,26)15-8-6-14(7-9-15)21(23)24;/h6-9,13,16H,1-5,10-12,18H2;1H. The molecule has 156 valence electrons. The van der Waals surface area contributed by atoms with Crippen LogP contribution in [-0.4, -0.2) is 60.2 Å². The fourth-order valence-electron chi connectivity index (χ4n) is 3.74. The summed E-state index contributed by atoms with van der Waals surface area (Å²) >= 11 is 0. The van der Waals surface area contributed by atoms with E-state index in [1.807, 2.05) is 0 Å².